The van der Waals surface area contributed by atoms with Crippen molar-refractivity contribution >= 4 is 11.6 Å². The molecular formula is C24H15ClF4N4O2. The highest BCUT2D eigenvalue weighted by molar-refractivity contribution is 6.30. The van der Waals surface area contributed by atoms with Crippen LogP contribution < -0.4 is 0 Å². The van der Waals surface area contributed by atoms with Gasteiger partial charge in [0.05, 0.1) is 24.3 Å². The molecule has 1 unspecified atom stereocenters. The summed E-state index contributed by atoms with van der Waals surface area (Å²) in [4.78, 5) is 14.6. The van der Waals surface area contributed by atoms with Crippen molar-refractivity contribution in [1.29, 1.82) is 0 Å². The smallest absolute Gasteiger partial charge is 0.433 e. The first kappa shape index (κ1) is 22.9. The topological polar surface area (TPSA) is 72.9 Å². The number of nitrogens with zero attached hydrogens (tertiary/aromatic N) is 3. The van der Waals surface area contributed by atoms with Crippen LogP contribution in [0.15, 0.2) is 77.2 Å². The minimum Gasteiger partial charge on any atom is -0.496 e. The summed E-state index contributed by atoms with van der Waals surface area (Å²) in [5.41, 5.74) is 5.25. The van der Waals surface area contributed by atoms with E-state index >= 15 is 0 Å². The third-order valence-electron chi connectivity index (χ3n) is 5.42. The highest BCUT2D eigenvalue weighted by Gasteiger charge is 2.37. The molecule has 3 heterocycles. The second kappa shape index (κ2) is 8.72. The van der Waals surface area contributed by atoms with E-state index in [1.807, 2.05) is 0 Å². The van der Waals surface area contributed by atoms with Gasteiger partial charge in [0.2, 0.25) is 5.95 Å². The van der Waals surface area contributed by atoms with Crippen molar-refractivity contribution in [3.05, 3.63) is 105 Å². The second-order valence-electron chi connectivity index (χ2n) is 7.68. The van der Waals surface area contributed by atoms with E-state index in [0.717, 1.165) is 17.8 Å². The molecule has 0 saturated carbocycles. The zero-order chi connectivity index (χ0) is 24.7. The van der Waals surface area contributed by atoms with Crippen molar-refractivity contribution < 1.29 is 27.0 Å². The number of nitrogens with one attached hydrogen (secondary N) is 1. The molecule has 5 rings (SSSR count). The number of pyridine rings is 2. The maximum atomic E-state index is 13.2. The summed E-state index contributed by atoms with van der Waals surface area (Å²) in [5.74, 6) is 0.390. The molecule has 0 amide bonds. The first-order valence-corrected chi connectivity index (χ1v) is 10.6. The minimum absolute atomic E-state index is 0.00260. The van der Waals surface area contributed by atoms with E-state index in [1.54, 1.807) is 12.2 Å². The largest absolute Gasteiger partial charge is 0.496 e. The first-order valence-electron chi connectivity index (χ1n) is 10.2. The van der Waals surface area contributed by atoms with Gasteiger partial charge in [-0.15, -0.1) is 5.73 Å². The van der Waals surface area contributed by atoms with Gasteiger partial charge in [0.1, 0.15) is 34.8 Å². The molecule has 1 atom stereocenters. The summed E-state index contributed by atoms with van der Waals surface area (Å²) in [6.45, 7) is 0.00260. The monoisotopic (exact) mass is 502 g/mol. The lowest BCUT2D eigenvalue weighted by atomic mass is 9.81. The van der Waals surface area contributed by atoms with Crippen molar-refractivity contribution in [3.63, 3.8) is 0 Å². The number of hydrogen-bond acceptors (Lipinski definition) is 5. The Morgan fingerprint density at radius 2 is 1.94 bits per heavy atom. The van der Waals surface area contributed by atoms with Gasteiger partial charge in [-0.2, -0.15) is 17.6 Å². The molecule has 0 spiro atoms. The van der Waals surface area contributed by atoms with Crippen LogP contribution in [-0.4, -0.2) is 27.0 Å². The Labute approximate surface area is 201 Å². The molecule has 3 aromatic rings. The summed E-state index contributed by atoms with van der Waals surface area (Å²) in [6.07, 6.45) is 1.37. The van der Waals surface area contributed by atoms with E-state index in [1.165, 1.54) is 31.5 Å². The summed E-state index contributed by atoms with van der Waals surface area (Å²) in [7, 11) is 1.50. The average molecular weight is 503 g/mol. The number of H-pyrrole nitrogens is 1. The second-order valence-corrected chi connectivity index (χ2v) is 8.06. The maximum Gasteiger partial charge on any atom is 0.433 e. The molecule has 0 fully saturated rings. The normalized spacial score (nSPS) is 16.9. The number of allylic oxidation sites excluding steroid dienone is 3. The van der Waals surface area contributed by atoms with Gasteiger partial charge < -0.3 is 14.5 Å². The first-order chi connectivity index (χ1) is 16.7. The molecule has 3 aromatic heterocycles. The van der Waals surface area contributed by atoms with E-state index in [4.69, 9.17) is 21.1 Å². The van der Waals surface area contributed by atoms with Crippen LogP contribution in [-0.2, 0) is 22.3 Å². The van der Waals surface area contributed by atoms with E-state index in [0.29, 0.717) is 44.9 Å². The number of alkyl halides is 3. The van der Waals surface area contributed by atoms with Crippen molar-refractivity contribution in [1.82, 2.24) is 19.9 Å². The van der Waals surface area contributed by atoms with E-state index in [-0.39, 0.29) is 12.5 Å². The zero-order valence-corrected chi connectivity index (χ0v) is 18.7. The maximum absolute atomic E-state index is 13.2. The summed E-state index contributed by atoms with van der Waals surface area (Å²) in [5, 5.41) is 0.301. The van der Waals surface area contributed by atoms with Crippen LogP contribution >= 0.6 is 11.6 Å². The SMILES string of the molecule is COC1=CC(OCc2ccc(C(F)(F)F)nc2)=CC2=C=C1C2c1nc(-c2ccc(F)nc2)[nH]c1Cl. The summed E-state index contributed by atoms with van der Waals surface area (Å²) >= 11 is 6.45. The number of halogens is 5. The molecule has 11 heteroatoms. The molecule has 35 heavy (non-hydrogen) atoms. The van der Waals surface area contributed by atoms with Crippen molar-refractivity contribution in [2.45, 2.75) is 18.7 Å². The Bertz CT molecular complexity index is 1420. The van der Waals surface area contributed by atoms with Gasteiger partial charge in [-0.05, 0) is 24.3 Å². The van der Waals surface area contributed by atoms with Crippen LogP contribution in [0.25, 0.3) is 11.4 Å². The van der Waals surface area contributed by atoms with Crippen LogP contribution in [0.3, 0.4) is 0 Å². The molecule has 178 valence electrons. The molecule has 0 radical (unpaired) electrons. The fourth-order valence-corrected chi connectivity index (χ4v) is 3.93. The van der Waals surface area contributed by atoms with Gasteiger partial charge in [0, 0.05) is 35.2 Å². The van der Waals surface area contributed by atoms with Crippen molar-refractivity contribution in [2.75, 3.05) is 7.11 Å². The Morgan fingerprint density at radius 3 is 2.60 bits per heavy atom. The third-order valence-corrected chi connectivity index (χ3v) is 5.70. The molecule has 1 N–H and O–H groups in total. The van der Waals surface area contributed by atoms with Crippen molar-refractivity contribution in [3.8, 4) is 11.4 Å². The average Bonchev–Trinajstić information content (AvgIpc) is 3.00. The summed E-state index contributed by atoms with van der Waals surface area (Å²) < 4.78 is 62.6. The van der Waals surface area contributed by atoms with Crippen LogP contribution in [0.4, 0.5) is 17.6 Å². The van der Waals surface area contributed by atoms with Gasteiger partial charge in [0.25, 0.3) is 0 Å². The molecule has 2 aliphatic carbocycles. The van der Waals surface area contributed by atoms with Crippen LogP contribution in [0.5, 0.6) is 0 Å². The highest BCUT2D eigenvalue weighted by atomic mass is 35.5. The number of rotatable bonds is 6. The Morgan fingerprint density at radius 1 is 1.11 bits per heavy atom. The number of imidazole rings is 1. The van der Waals surface area contributed by atoms with Crippen LogP contribution in [0, 0.1) is 5.95 Å². The summed E-state index contributed by atoms with van der Waals surface area (Å²) in [6, 6.07) is 4.98. The van der Waals surface area contributed by atoms with Crippen LogP contribution in [0.2, 0.25) is 5.15 Å². The Kier molecular flexibility index (Phi) is 5.70. The van der Waals surface area contributed by atoms with Crippen molar-refractivity contribution in [2.24, 2.45) is 0 Å². The third kappa shape index (κ3) is 4.45. The highest BCUT2D eigenvalue weighted by Crippen LogP contribution is 2.46. The number of ether oxygens (including phenoxy) is 2. The molecular weight excluding hydrogens is 488 g/mol. The van der Waals surface area contributed by atoms with E-state index in [2.05, 4.69) is 25.7 Å². The van der Waals surface area contributed by atoms with Gasteiger partial charge in [-0.25, -0.2) is 9.97 Å². The molecule has 2 aliphatic rings. The van der Waals surface area contributed by atoms with Crippen LogP contribution in [0.1, 0.15) is 22.9 Å². The fourth-order valence-electron chi connectivity index (χ4n) is 3.69. The Balaban J connectivity index is 1.36. The molecule has 6 nitrogen and oxygen atoms in total. The molecule has 0 aliphatic heterocycles. The lowest BCUT2D eigenvalue weighted by Gasteiger charge is -2.24. The number of aromatic nitrogens is 4. The van der Waals surface area contributed by atoms with Gasteiger partial charge in [-0.1, -0.05) is 17.7 Å². The van der Waals surface area contributed by atoms with Gasteiger partial charge in [-0.3, -0.25) is 4.98 Å². The standard InChI is InChI=1S/C24H15ClF4N4O2/c1-34-17-8-15(35-11-12-2-4-18(30-9-12)24(27,28)29)6-14-7-16(17)20(14)21-22(25)33-23(32-21)13-3-5-19(26)31-10-13/h2-6,8-10,20H,11H2,1H3,(H,32,33). The lowest BCUT2D eigenvalue weighted by Crippen LogP contribution is -2.13. The van der Waals surface area contributed by atoms with Gasteiger partial charge in [0.15, 0.2) is 0 Å². The Hall–Kier alpha value is -3.88. The number of methoxy groups -OCH3 is 1. The predicted octanol–water partition coefficient (Wildman–Crippen LogP) is 5.87. The van der Waals surface area contributed by atoms with Gasteiger partial charge >= 0.3 is 6.18 Å². The van der Waals surface area contributed by atoms with E-state index in [9.17, 15) is 17.6 Å². The molecule has 0 aromatic carbocycles. The lowest BCUT2D eigenvalue weighted by molar-refractivity contribution is -0.141. The molecule has 0 saturated heterocycles. The minimum atomic E-state index is -4.50. The zero-order valence-electron chi connectivity index (χ0n) is 18.0. The predicted molar refractivity (Wildman–Crippen MR) is 117 cm³/mol. The fraction of sp³-hybridized carbons (Fsp3) is 0.167. The number of aromatic amines is 1. The quantitative estimate of drug-likeness (QED) is 0.259. The van der Waals surface area contributed by atoms with E-state index < -0.39 is 17.8 Å². The molecule has 2 bridgehead atoms. The number of hydrogen-bond donors (Lipinski definition) is 1.